The van der Waals surface area contributed by atoms with Crippen LogP contribution in [0.3, 0.4) is 0 Å². The molecule has 2 saturated heterocycles. The van der Waals surface area contributed by atoms with Crippen LogP contribution >= 0.6 is 0 Å². The van der Waals surface area contributed by atoms with Crippen LogP contribution in [0.4, 0.5) is 4.79 Å². The number of hydrogen-bond donors (Lipinski definition) is 3. The Labute approximate surface area is 110 Å². The van der Waals surface area contributed by atoms with Crippen molar-refractivity contribution in [1.82, 2.24) is 10.2 Å². The second-order valence-corrected chi connectivity index (χ2v) is 4.65. The number of carboxylic acid groups (broad SMARTS) is 1. The molecule has 0 bridgehead atoms. The molecule has 0 spiro atoms. The number of urea groups is 1. The highest BCUT2D eigenvalue weighted by Gasteiger charge is 2.39. The van der Waals surface area contributed by atoms with Crippen LogP contribution in [-0.2, 0) is 14.3 Å². The smallest absolute Gasteiger partial charge is 0.326 e. The van der Waals surface area contributed by atoms with Crippen LogP contribution in [0.1, 0.15) is 6.42 Å². The molecule has 19 heavy (non-hydrogen) atoms. The average molecular weight is 274 g/mol. The van der Waals surface area contributed by atoms with Gasteiger partial charge in [-0.1, -0.05) is 0 Å². The maximum atomic E-state index is 11.9. The van der Waals surface area contributed by atoms with Gasteiger partial charge in [0.05, 0.1) is 32.0 Å². The molecule has 108 valence electrons. The lowest BCUT2D eigenvalue weighted by Gasteiger charge is -2.26. The van der Waals surface area contributed by atoms with Crippen molar-refractivity contribution in [3.63, 3.8) is 0 Å². The summed E-state index contributed by atoms with van der Waals surface area (Å²) in [6.07, 6.45) is -0.944. The highest BCUT2D eigenvalue weighted by molar-refractivity contribution is 5.83. The third-order valence-corrected chi connectivity index (χ3v) is 3.19. The van der Waals surface area contributed by atoms with Gasteiger partial charge >= 0.3 is 12.0 Å². The van der Waals surface area contributed by atoms with E-state index in [-0.39, 0.29) is 25.6 Å². The highest BCUT2D eigenvalue weighted by atomic mass is 16.6. The number of amides is 2. The largest absolute Gasteiger partial charge is 0.480 e. The Kier molecular flexibility index (Phi) is 4.56. The summed E-state index contributed by atoms with van der Waals surface area (Å²) in [4.78, 5) is 24.0. The maximum absolute atomic E-state index is 11.9. The molecule has 2 heterocycles. The number of aliphatic carboxylic acids is 1. The van der Waals surface area contributed by atoms with Gasteiger partial charge in [0.2, 0.25) is 0 Å². The number of hydrogen-bond acceptors (Lipinski definition) is 5. The first-order valence-corrected chi connectivity index (χ1v) is 6.22. The minimum Gasteiger partial charge on any atom is -0.480 e. The third kappa shape index (κ3) is 3.55. The molecular weight excluding hydrogens is 256 g/mol. The molecule has 0 radical (unpaired) electrons. The summed E-state index contributed by atoms with van der Waals surface area (Å²) < 4.78 is 10.6. The second kappa shape index (κ2) is 6.18. The Bertz CT molecular complexity index is 344. The summed E-state index contributed by atoms with van der Waals surface area (Å²) in [5.74, 6) is -1.11. The molecule has 2 aliphatic rings. The number of likely N-dealkylation sites (tertiary alicyclic amines) is 1. The molecule has 3 atom stereocenters. The summed E-state index contributed by atoms with van der Waals surface area (Å²) in [5, 5.41) is 21.1. The number of ether oxygens (including phenoxy) is 2. The first kappa shape index (κ1) is 14.0. The van der Waals surface area contributed by atoms with Crippen LogP contribution in [0.5, 0.6) is 0 Å². The van der Waals surface area contributed by atoms with Gasteiger partial charge in [0.1, 0.15) is 6.04 Å². The van der Waals surface area contributed by atoms with Gasteiger partial charge < -0.3 is 29.9 Å². The topological polar surface area (TPSA) is 108 Å². The molecule has 8 heteroatoms. The fraction of sp³-hybridized carbons (Fsp3) is 0.818. The molecule has 3 N–H and O–H groups in total. The zero-order valence-corrected chi connectivity index (χ0v) is 10.4. The number of β-amino-alcohol motifs (C(OH)–C–C–N with tert-alkyl or cyclic N) is 1. The fourth-order valence-electron chi connectivity index (χ4n) is 2.23. The summed E-state index contributed by atoms with van der Waals surface area (Å²) in [7, 11) is 0. The normalized spacial score (nSPS) is 31.2. The zero-order valence-electron chi connectivity index (χ0n) is 10.4. The maximum Gasteiger partial charge on any atom is 0.326 e. The fourth-order valence-corrected chi connectivity index (χ4v) is 2.23. The van der Waals surface area contributed by atoms with Gasteiger partial charge in [0.25, 0.3) is 0 Å². The summed E-state index contributed by atoms with van der Waals surface area (Å²) >= 11 is 0. The lowest BCUT2D eigenvalue weighted by Crippen LogP contribution is -2.49. The standard InChI is InChI=1S/C11H18N2O6/c14-7-3-9(10(15)16)13(5-7)11(17)12-4-8-6-18-1-2-19-8/h7-9,14H,1-6H2,(H,12,17)(H,15,16). The van der Waals surface area contributed by atoms with Gasteiger partial charge in [-0.2, -0.15) is 0 Å². The molecular formula is C11H18N2O6. The lowest BCUT2D eigenvalue weighted by atomic mass is 10.2. The molecule has 0 aromatic heterocycles. The van der Waals surface area contributed by atoms with Crippen molar-refractivity contribution >= 4 is 12.0 Å². The van der Waals surface area contributed by atoms with E-state index in [1.54, 1.807) is 0 Å². The Morgan fingerprint density at radius 1 is 1.37 bits per heavy atom. The van der Waals surface area contributed by atoms with E-state index in [2.05, 4.69) is 5.32 Å². The molecule has 0 aromatic rings. The van der Waals surface area contributed by atoms with Gasteiger partial charge in [-0.05, 0) is 0 Å². The molecule has 0 saturated carbocycles. The molecule has 2 fully saturated rings. The van der Waals surface area contributed by atoms with E-state index < -0.39 is 24.1 Å². The van der Waals surface area contributed by atoms with Gasteiger partial charge in [-0.25, -0.2) is 9.59 Å². The molecule has 0 aliphatic carbocycles. The van der Waals surface area contributed by atoms with Crippen molar-refractivity contribution < 1.29 is 29.3 Å². The number of carbonyl (C=O) groups excluding carboxylic acids is 1. The van der Waals surface area contributed by atoms with Gasteiger partial charge in [-0.3, -0.25) is 0 Å². The van der Waals surface area contributed by atoms with Crippen molar-refractivity contribution in [2.75, 3.05) is 32.9 Å². The van der Waals surface area contributed by atoms with E-state index >= 15 is 0 Å². The number of carboxylic acids is 1. The van der Waals surface area contributed by atoms with Crippen molar-refractivity contribution in [2.24, 2.45) is 0 Å². The number of carbonyl (C=O) groups is 2. The van der Waals surface area contributed by atoms with Gasteiger partial charge in [-0.15, -0.1) is 0 Å². The van der Waals surface area contributed by atoms with Crippen LogP contribution in [0.2, 0.25) is 0 Å². The predicted molar refractivity (Wildman–Crippen MR) is 62.7 cm³/mol. The van der Waals surface area contributed by atoms with Gasteiger partial charge in [0.15, 0.2) is 0 Å². The second-order valence-electron chi connectivity index (χ2n) is 4.65. The first-order chi connectivity index (χ1) is 9.08. The van der Waals surface area contributed by atoms with E-state index in [1.165, 1.54) is 0 Å². The summed E-state index contributed by atoms with van der Waals surface area (Å²) in [5.41, 5.74) is 0. The monoisotopic (exact) mass is 274 g/mol. The minimum atomic E-state index is -1.11. The lowest BCUT2D eigenvalue weighted by molar-refractivity contribution is -0.141. The Morgan fingerprint density at radius 2 is 2.16 bits per heavy atom. The SMILES string of the molecule is O=C(O)C1CC(O)CN1C(=O)NCC1COCCO1. The molecule has 0 aromatic carbocycles. The van der Waals surface area contributed by atoms with Crippen molar-refractivity contribution in [3.05, 3.63) is 0 Å². The zero-order chi connectivity index (χ0) is 13.8. The van der Waals surface area contributed by atoms with Crippen LogP contribution in [-0.4, -0.2) is 78.3 Å². The average Bonchev–Trinajstić information content (AvgIpc) is 2.79. The number of aliphatic hydroxyl groups is 1. The number of rotatable bonds is 3. The van der Waals surface area contributed by atoms with E-state index in [9.17, 15) is 14.7 Å². The van der Waals surface area contributed by atoms with E-state index in [0.717, 1.165) is 4.90 Å². The molecule has 2 rings (SSSR count). The summed E-state index contributed by atoms with van der Waals surface area (Å²) in [6, 6.07) is -1.48. The van der Waals surface area contributed by atoms with Crippen LogP contribution < -0.4 is 5.32 Å². The molecule has 2 aliphatic heterocycles. The molecule has 8 nitrogen and oxygen atoms in total. The Balaban J connectivity index is 1.82. The number of aliphatic hydroxyl groups excluding tert-OH is 1. The van der Waals surface area contributed by atoms with E-state index in [4.69, 9.17) is 14.6 Å². The van der Waals surface area contributed by atoms with Crippen LogP contribution in [0.15, 0.2) is 0 Å². The van der Waals surface area contributed by atoms with Crippen molar-refractivity contribution in [2.45, 2.75) is 24.7 Å². The van der Waals surface area contributed by atoms with E-state index in [0.29, 0.717) is 19.8 Å². The Morgan fingerprint density at radius 3 is 2.79 bits per heavy atom. The highest BCUT2D eigenvalue weighted by Crippen LogP contribution is 2.18. The van der Waals surface area contributed by atoms with Crippen molar-refractivity contribution in [3.8, 4) is 0 Å². The number of nitrogens with one attached hydrogen (secondary N) is 1. The van der Waals surface area contributed by atoms with Crippen LogP contribution in [0.25, 0.3) is 0 Å². The minimum absolute atomic E-state index is 0.0326. The number of nitrogens with zero attached hydrogens (tertiary/aromatic N) is 1. The van der Waals surface area contributed by atoms with Crippen molar-refractivity contribution in [1.29, 1.82) is 0 Å². The van der Waals surface area contributed by atoms with Crippen LogP contribution in [0, 0.1) is 0 Å². The Hall–Kier alpha value is -1.38. The first-order valence-electron chi connectivity index (χ1n) is 6.22. The van der Waals surface area contributed by atoms with Gasteiger partial charge in [0, 0.05) is 19.5 Å². The molecule has 3 unspecified atom stereocenters. The third-order valence-electron chi connectivity index (χ3n) is 3.19. The summed E-state index contributed by atoms with van der Waals surface area (Å²) in [6.45, 7) is 1.73. The molecule has 2 amide bonds. The van der Waals surface area contributed by atoms with E-state index in [1.807, 2.05) is 0 Å². The predicted octanol–water partition coefficient (Wildman–Crippen LogP) is -1.37. The quantitative estimate of drug-likeness (QED) is 0.586.